The van der Waals surface area contributed by atoms with Crippen molar-refractivity contribution < 1.29 is 8.42 Å². The van der Waals surface area contributed by atoms with E-state index in [2.05, 4.69) is 10.0 Å². The van der Waals surface area contributed by atoms with E-state index in [1.165, 1.54) is 0 Å². The van der Waals surface area contributed by atoms with Gasteiger partial charge in [-0.3, -0.25) is 0 Å². The van der Waals surface area contributed by atoms with Crippen molar-refractivity contribution in [2.24, 2.45) is 5.92 Å². The molecule has 2 N–H and O–H groups in total. The first-order chi connectivity index (χ1) is 7.49. The molecule has 1 heterocycles. The number of hydrogen-bond acceptors (Lipinski definition) is 3. The number of allylic oxidation sites excluding steroid dienone is 1. The highest BCUT2D eigenvalue weighted by Crippen LogP contribution is 2.13. The summed E-state index contributed by atoms with van der Waals surface area (Å²) in [5.74, 6) is 0.580. The van der Waals surface area contributed by atoms with E-state index in [1.54, 1.807) is 0 Å². The van der Waals surface area contributed by atoms with Crippen LogP contribution in [0.2, 0.25) is 0 Å². The van der Waals surface area contributed by atoms with Gasteiger partial charge in [-0.2, -0.15) is 0 Å². The Morgan fingerprint density at radius 1 is 1.38 bits per heavy atom. The Balaban J connectivity index is 2.35. The minimum Gasteiger partial charge on any atom is -0.317 e. The lowest BCUT2D eigenvalue weighted by atomic mass is 10.0. The standard InChI is InChI=1S/C11H22N2O2S/c1-10(2)3-8-13-16(14,15)9-11-4-6-12-7-5-11/h3,11-13H,4-9H2,1-2H3. The molecular formula is C11H22N2O2S. The summed E-state index contributed by atoms with van der Waals surface area (Å²) in [5, 5.41) is 3.23. The van der Waals surface area contributed by atoms with E-state index in [1.807, 2.05) is 19.9 Å². The minimum atomic E-state index is -3.10. The van der Waals surface area contributed by atoms with E-state index in [0.29, 0.717) is 12.5 Å². The molecule has 0 aromatic rings. The summed E-state index contributed by atoms with van der Waals surface area (Å²) < 4.78 is 26.1. The van der Waals surface area contributed by atoms with Crippen molar-refractivity contribution in [2.75, 3.05) is 25.4 Å². The first-order valence-corrected chi connectivity index (χ1v) is 7.46. The molecule has 0 bridgehead atoms. The van der Waals surface area contributed by atoms with Gasteiger partial charge < -0.3 is 5.32 Å². The SMILES string of the molecule is CC(C)=CCNS(=O)(=O)CC1CCNCC1. The fraction of sp³-hybridized carbons (Fsp3) is 0.818. The Morgan fingerprint density at radius 3 is 2.56 bits per heavy atom. The van der Waals surface area contributed by atoms with Crippen molar-refractivity contribution in [3.8, 4) is 0 Å². The van der Waals surface area contributed by atoms with Crippen LogP contribution in [-0.4, -0.2) is 33.8 Å². The Hall–Kier alpha value is -0.390. The van der Waals surface area contributed by atoms with Crippen LogP contribution in [0.1, 0.15) is 26.7 Å². The topological polar surface area (TPSA) is 58.2 Å². The summed E-state index contributed by atoms with van der Waals surface area (Å²) in [6.45, 7) is 6.21. The van der Waals surface area contributed by atoms with Gasteiger partial charge in [-0.1, -0.05) is 11.6 Å². The van der Waals surface area contributed by atoms with Crippen LogP contribution in [0.4, 0.5) is 0 Å². The summed E-state index contributed by atoms with van der Waals surface area (Å²) in [6.07, 6.45) is 3.81. The van der Waals surface area contributed by atoms with Crippen LogP contribution in [0.25, 0.3) is 0 Å². The Labute approximate surface area is 98.6 Å². The van der Waals surface area contributed by atoms with Crippen LogP contribution in [0.3, 0.4) is 0 Å². The van der Waals surface area contributed by atoms with Gasteiger partial charge in [-0.05, 0) is 45.7 Å². The van der Waals surface area contributed by atoms with Crippen molar-refractivity contribution in [2.45, 2.75) is 26.7 Å². The van der Waals surface area contributed by atoms with Crippen LogP contribution in [-0.2, 0) is 10.0 Å². The zero-order valence-corrected chi connectivity index (χ0v) is 10.9. The molecule has 0 aromatic carbocycles. The Morgan fingerprint density at radius 2 is 2.00 bits per heavy atom. The number of sulfonamides is 1. The second-order valence-corrected chi connectivity index (χ2v) is 6.46. The van der Waals surface area contributed by atoms with Gasteiger partial charge >= 0.3 is 0 Å². The monoisotopic (exact) mass is 246 g/mol. The van der Waals surface area contributed by atoms with Gasteiger partial charge in [0, 0.05) is 6.54 Å². The average Bonchev–Trinajstić information content (AvgIpc) is 2.17. The van der Waals surface area contributed by atoms with Crippen molar-refractivity contribution in [1.29, 1.82) is 0 Å². The number of piperidine rings is 1. The molecule has 1 fully saturated rings. The number of rotatable bonds is 5. The van der Waals surface area contributed by atoms with Crippen molar-refractivity contribution >= 4 is 10.0 Å². The zero-order valence-electron chi connectivity index (χ0n) is 10.1. The zero-order chi connectivity index (χ0) is 12.0. The van der Waals surface area contributed by atoms with E-state index in [4.69, 9.17) is 0 Å². The maximum atomic E-state index is 11.7. The third-order valence-corrected chi connectivity index (χ3v) is 4.24. The maximum absolute atomic E-state index is 11.7. The molecular weight excluding hydrogens is 224 g/mol. The molecule has 0 amide bonds. The summed E-state index contributed by atoms with van der Waals surface area (Å²) in [6, 6.07) is 0. The lowest BCUT2D eigenvalue weighted by Crippen LogP contribution is -2.35. The van der Waals surface area contributed by atoms with Gasteiger partial charge in [0.2, 0.25) is 10.0 Å². The van der Waals surface area contributed by atoms with E-state index >= 15 is 0 Å². The second kappa shape index (κ2) is 6.37. The molecule has 0 saturated carbocycles. The third-order valence-electron chi connectivity index (χ3n) is 2.73. The predicted molar refractivity (Wildman–Crippen MR) is 66.8 cm³/mol. The largest absolute Gasteiger partial charge is 0.317 e. The molecule has 0 unspecified atom stereocenters. The Bertz CT molecular complexity index is 326. The molecule has 16 heavy (non-hydrogen) atoms. The highest BCUT2D eigenvalue weighted by molar-refractivity contribution is 7.89. The molecule has 1 rings (SSSR count). The van der Waals surface area contributed by atoms with Gasteiger partial charge in [0.25, 0.3) is 0 Å². The first kappa shape index (κ1) is 13.7. The fourth-order valence-electron chi connectivity index (χ4n) is 1.79. The van der Waals surface area contributed by atoms with E-state index in [0.717, 1.165) is 31.5 Å². The quantitative estimate of drug-likeness (QED) is 0.708. The lowest BCUT2D eigenvalue weighted by Gasteiger charge is -2.22. The van der Waals surface area contributed by atoms with Crippen LogP contribution < -0.4 is 10.0 Å². The van der Waals surface area contributed by atoms with Crippen LogP contribution in [0.15, 0.2) is 11.6 Å². The van der Waals surface area contributed by atoms with E-state index < -0.39 is 10.0 Å². The maximum Gasteiger partial charge on any atom is 0.212 e. The molecule has 4 nitrogen and oxygen atoms in total. The number of hydrogen-bond donors (Lipinski definition) is 2. The summed E-state index contributed by atoms with van der Waals surface area (Å²) in [4.78, 5) is 0. The molecule has 0 radical (unpaired) electrons. The van der Waals surface area contributed by atoms with Gasteiger partial charge in [0.1, 0.15) is 0 Å². The average molecular weight is 246 g/mol. The van der Waals surface area contributed by atoms with Crippen LogP contribution in [0, 0.1) is 5.92 Å². The number of nitrogens with one attached hydrogen (secondary N) is 2. The molecule has 94 valence electrons. The van der Waals surface area contributed by atoms with Crippen molar-refractivity contribution in [3.63, 3.8) is 0 Å². The summed E-state index contributed by atoms with van der Waals surface area (Å²) in [7, 11) is -3.10. The third kappa shape index (κ3) is 5.63. The van der Waals surface area contributed by atoms with E-state index in [-0.39, 0.29) is 5.75 Å². The molecule has 0 aromatic heterocycles. The normalized spacial score (nSPS) is 18.4. The minimum absolute atomic E-state index is 0.269. The molecule has 0 spiro atoms. The van der Waals surface area contributed by atoms with Gasteiger partial charge in [-0.15, -0.1) is 0 Å². The first-order valence-electron chi connectivity index (χ1n) is 5.81. The van der Waals surface area contributed by atoms with Crippen molar-refractivity contribution in [3.05, 3.63) is 11.6 Å². The predicted octanol–water partition coefficient (Wildman–Crippen LogP) is 0.872. The van der Waals surface area contributed by atoms with Gasteiger partial charge in [0.05, 0.1) is 5.75 Å². The smallest absolute Gasteiger partial charge is 0.212 e. The van der Waals surface area contributed by atoms with Gasteiger partial charge in [0.15, 0.2) is 0 Å². The van der Waals surface area contributed by atoms with Crippen LogP contribution >= 0.6 is 0 Å². The lowest BCUT2D eigenvalue weighted by molar-refractivity contribution is 0.400. The van der Waals surface area contributed by atoms with E-state index in [9.17, 15) is 8.42 Å². The summed E-state index contributed by atoms with van der Waals surface area (Å²) in [5.41, 5.74) is 1.13. The molecule has 1 saturated heterocycles. The highest BCUT2D eigenvalue weighted by Gasteiger charge is 2.20. The highest BCUT2D eigenvalue weighted by atomic mass is 32.2. The second-order valence-electron chi connectivity index (χ2n) is 4.60. The molecule has 1 aliphatic heterocycles. The van der Waals surface area contributed by atoms with Crippen molar-refractivity contribution in [1.82, 2.24) is 10.0 Å². The Kier molecular flexibility index (Phi) is 5.44. The fourth-order valence-corrected chi connectivity index (χ4v) is 3.20. The van der Waals surface area contributed by atoms with Gasteiger partial charge in [-0.25, -0.2) is 13.1 Å². The molecule has 1 aliphatic rings. The molecule has 0 atom stereocenters. The summed E-state index contributed by atoms with van der Waals surface area (Å²) >= 11 is 0. The molecule has 5 heteroatoms. The van der Waals surface area contributed by atoms with Crippen LogP contribution in [0.5, 0.6) is 0 Å². The molecule has 0 aliphatic carbocycles.